The molecular formula is C14H22N2O4S3. The fourth-order valence-electron chi connectivity index (χ4n) is 1.74. The molecule has 0 aromatic carbocycles. The van der Waals surface area contributed by atoms with Gasteiger partial charge in [-0.1, -0.05) is 0 Å². The first-order valence-electron chi connectivity index (χ1n) is 6.92. The van der Waals surface area contributed by atoms with Crippen LogP contribution in [0.4, 0.5) is 0 Å². The third kappa shape index (κ3) is 7.28. The van der Waals surface area contributed by atoms with Crippen LogP contribution in [0.2, 0.25) is 0 Å². The second-order valence-corrected chi connectivity index (χ2v) is 9.71. The van der Waals surface area contributed by atoms with Crippen molar-refractivity contribution < 1.29 is 17.9 Å². The van der Waals surface area contributed by atoms with Crippen molar-refractivity contribution in [2.75, 3.05) is 12.8 Å². The maximum absolute atomic E-state index is 11.8. The van der Waals surface area contributed by atoms with Gasteiger partial charge in [0, 0.05) is 19.3 Å². The van der Waals surface area contributed by atoms with Gasteiger partial charge < -0.3 is 15.4 Å². The molecule has 130 valence electrons. The summed E-state index contributed by atoms with van der Waals surface area (Å²) < 4.78 is 28.5. The monoisotopic (exact) mass is 378 g/mol. The quantitative estimate of drug-likeness (QED) is 0.597. The van der Waals surface area contributed by atoms with Crippen molar-refractivity contribution in [2.24, 2.45) is 5.73 Å². The Morgan fingerprint density at radius 3 is 2.48 bits per heavy atom. The number of hydrogen-bond donors (Lipinski definition) is 1. The first kappa shape index (κ1) is 19.9. The average Bonchev–Trinajstić information content (AvgIpc) is 2.80. The summed E-state index contributed by atoms with van der Waals surface area (Å²) in [5.41, 5.74) is 5.93. The van der Waals surface area contributed by atoms with Crippen molar-refractivity contribution in [1.29, 1.82) is 0 Å². The maximum atomic E-state index is 11.8. The number of thiophene rings is 1. The minimum absolute atomic E-state index is 0.150. The average molecular weight is 379 g/mol. The van der Waals surface area contributed by atoms with Gasteiger partial charge in [-0.05, 0) is 50.0 Å². The molecule has 0 amide bonds. The zero-order chi connectivity index (χ0) is 17.8. The Labute approximate surface area is 146 Å². The predicted molar refractivity (Wildman–Crippen MR) is 95.1 cm³/mol. The van der Waals surface area contributed by atoms with E-state index >= 15 is 0 Å². The van der Waals surface area contributed by atoms with Gasteiger partial charge in [0.2, 0.25) is 0 Å². The van der Waals surface area contributed by atoms with Crippen LogP contribution in [-0.2, 0) is 25.9 Å². The van der Waals surface area contributed by atoms with Gasteiger partial charge in [0.25, 0.3) is 0 Å². The van der Waals surface area contributed by atoms with Gasteiger partial charge in [0.05, 0.1) is 6.42 Å². The predicted octanol–water partition coefficient (Wildman–Crippen LogP) is 1.93. The number of hydrogen-bond acceptors (Lipinski definition) is 6. The molecule has 0 spiro atoms. The molecule has 0 aliphatic heterocycles. The summed E-state index contributed by atoms with van der Waals surface area (Å²) >= 11 is 6.15. The first-order chi connectivity index (χ1) is 10.4. The molecule has 0 radical (unpaired) electrons. The third-order valence-electron chi connectivity index (χ3n) is 2.69. The van der Waals surface area contributed by atoms with Crippen molar-refractivity contribution >= 4 is 44.5 Å². The molecule has 0 atom stereocenters. The SMILES string of the molecule is CC(C)(C)OC(=O)CCN(Cc1csc(S(C)(=O)=O)c1)C(N)=S. The van der Waals surface area contributed by atoms with Crippen LogP contribution in [0.15, 0.2) is 15.7 Å². The van der Waals surface area contributed by atoms with E-state index in [1.807, 2.05) is 0 Å². The number of nitrogens with two attached hydrogens (primary N) is 1. The van der Waals surface area contributed by atoms with Crippen LogP contribution in [0.5, 0.6) is 0 Å². The molecule has 1 rings (SSSR count). The zero-order valence-electron chi connectivity index (χ0n) is 13.7. The number of sulfone groups is 1. The molecule has 23 heavy (non-hydrogen) atoms. The van der Waals surface area contributed by atoms with E-state index in [4.69, 9.17) is 22.7 Å². The highest BCUT2D eigenvalue weighted by molar-refractivity contribution is 7.92. The lowest BCUT2D eigenvalue weighted by Gasteiger charge is -2.24. The second kappa shape index (κ2) is 7.59. The molecule has 1 aromatic rings. The topological polar surface area (TPSA) is 89.7 Å². The molecule has 0 saturated heterocycles. The Balaban J connectivity index is 2.68. The number of esters is 1. The number of rotatable bonds is 6. The van der Waals surface area contributed by atoms with Crippen molar-refractivity contribution in [3.05, 3.63) is 17.0 Å². The Hall–Kier alpha value is -1.19. The fraction of sp³-hybridized carbons (Fsp3) is 0.571. The second-order valence-electron chi connectivity index (χ2n) is 6.14. The van der Waals surface area contributed by atoms with E-state index in [9.17, 15) is 13.2 Å². The summed E-state index contributed by atoms with van der Waals surface area (Å²) in [5, 5.41) is 1.90. The summed E-state index contributed by atoms with van der Waals surface area (Å²) in [5.74, 6) is -0.333. The van der Waals surface area contributed by atoms with Crippen LogP contribution >= 0.6 is 23.6 Å². The van der Waals surface area contributed by atoms with E-state index in [0.29, 0.717) is 17.3 Å². The lowest BCUT2D eigenvalue weighted by atomic mass is 10.2. The molecule has 0 aliphatic rings. The minimum atomic E-state index is -3.22. The molecule has 1 aromatic heterocycles. The molecule has 0 aliphatic carbocycles. The number of carbonyl (C=O) groups is 1. The van der Waals surface area contributed by atoms with Crippen molar-refractivity contribution in [3.63, 3.8) is 0 Å². The van der Waals surface area contributed by atoms with Crippen LogP contribution < -0.4 is 5.73 Å². The molecule has 2 N–H and O–H groups in total. The maximum Gasteiger partial charge on any atom is 0.308 e. The molecular weight excluding hydrogens is 356 g/mol. The standard InChI is InChI=1S/C14H22N2O4S3/c1-14(2,3)20-11(17)5-6-16(13(15)21)8-10-7-12(22-9-10)23(4,18)19/h7,9H,5-6,8H2,1-4H3,(H2,15,21). The van der Waals surface area contributed by atoms with E-state index < -0.39 is 15.4 Å². The molecule has 0 unspecified atom stereocenters. The lowest BCUT2D eigenvalue weighted by molar-refractivity contribution is -0.155. The Kier molecular flexibility index (Phi) is 6.55. The number of ether oxygens (including phenoxy) is 1. The highest BCUT2D eigenvalue weighted by atomic mass is 32.2. The fourth-order valence-corrected chi connectivity index (χ4v) is 3.73. The van der Waals surface area contributed by atoms with Crippen LogP contribution in [0, 0.1) is 0 Å². The van der Waals surface area contributed by atoms with Gasteiger partial charge in [0.1, 0.15) is 9.81 Å². The number of carbonyl (C=O) groups excluding carboxylic acids is 1. The van der Waals surface area contributed by atoms with Gasteiger partial charge in [-0.3, -0.25) is 4.79 Å². The highest BCUT2D eigenvalue weighted by Gasteiger charge is 2.18. The smallest absolute Gasteiger partial charge is 0.308 e. The Morgan fingerprint density at radius 1 is 1.43 bits per heavy atom. The van der Waals surface area contributed by atoms with E-state index in [1.165, 1.54) is 0 Å². The van der Waals surface area contributed by atoms with Crippen LogP contribution in [-0.4, -0.2) is 42.8 Å². The van der Waals surface area contributed by atoms with Crippen molar-refractivity contribution in [2.45, 2.75) is 43.5 Å². The van der Waals surface area contributed by atoms with Crippen molar-refractivity contribution in [3.8, 4) is 0 Å². The lowest BCUT2D eigenvalue weighted by Crippen LogP contribution is -2.37. The first-order valence-corrected chi connectivity index (χ1v) is 10.1. The molecule has 0 bridgehead atoms. The van der Waals surface area contributed by atoms with E-state index in [1.54, 1.807) is 37.1 Å². The molecule has 1 heterocycles. The highest BCUT2D eigenvalue weighted by Crippen LogP contribution is 2.21. The summed E-state index contributed by atoms with van der Waals surface area (Å²) in [6.07, 6.45) is 1.31. The van der Waals surface area contributed by atoms with Crippen molar-refractivity contribution in [1.82, 2.24) is 4.90 Å². The van der Waals surface area contributed by atoms with Gasteiger partial charge in [0.15, 0.2) is 14.9 Å². The summed E-state index contributed by atoms with van der Waals surface area (Å²) in [6, 6.07) is 1.60. The number of nitrogens with zero attached hydrogens (tertiary/aromatic N) is 1. The van der Waals surface area contributed by atoms with Gasteiger partial charge in [-0.15, -0.1) is 11.3 Å². The van der Waals surface area contributed by atoms with Crippen LogP contribution in [0.25, 0.3) is 0 Å². The molecule has 0 saturated carbocycles. The zero-order valence-corrected chi connectivity index (χ0v) is 16.1. The Bertz CT molecular complexity index is 674. The molecule has 9 heteroatoms. The summed E-state index contributed by atoms with van der Waals surface area (Å²) in [7, 11) is -3.22. The van der Waals surface area contributed by atoms with Crippen LogP contribution in [0.1, 0.15) is 32.8 Å². The summed E-state index contributed by atoms with van der Waals surface area (Å²) in [6.45, 7) is 6.06. The molecule has 6 nitrogen and oxygen atoms in total. The normalized spacial score (nSPS) is 12.0. The Morgan fingerprint density at radius 2 is 2.04 bits per heavy atom. The molecule has 0 fully saturated rings. The van der Waals surface area contributed by atoms with E-state index in [2.05, 4.69) is 0 Å². The minimum Gasteiger partial charge on any atom is -0.460 e. The van der Waals surface area contributed by atoms with Crippen LogP contribution in [0.3, 0.4) is 0 Å². The van der Waals surface area contributed by atoms with Gasteiger partial charge in [-0.25, -0.2) is 8.42 Å². The van der Waals surface area contributed by atoms with Gasteiger partial charge in [-0.2, -0.15) is 0 Å². The third-order valence-corrected chi connectivity index (χ3v) is 5.76. The van der Waals surface area contributed by atoms with E-state index in [0.717, 1.165) is 23.2 Å². The van der Waals surface area contributed by atoms with E-state index in [-0.39, 0.29) is 17.5 Å². The number of thiocarbonyl (C=S) groups is 1. The summed E-state index contributed by atoms with van der Waals surface area (Å²) in [4.78, 5) is 13.4. The van der Waals surface area contributed by atoms with Gasteiger partial charge >= 0.3 is 5.97 Å². The largest absolute Gasteiger partial charge is 0.460 e.